The summed E-state index contributed by atoms with van der Waals surface area (Å²) < 4.78 is 19.0. The number of aromatic nitrogens is 3. The van der Waals surface area contributed by atoms with Gasteiger partial charge in [-0.3, -0.25) is 0 Å². The number of hydrogen-bond acceptors (Lipinski definition) is 6. The van der Waals surface area contributed by atoms with E-state index in [1.165, 1.54) is 4.68 Å². The number of aromatic amines is 1. The molecule has 0 aliphatic heterocycles. The second kappa shape index (κ2) is 8.36. The first-order chi connectivity index (χ1) is 13.1. The Morgan fingerprint density at radius 1 is 1.11 bits per heavy atom. The van der Waals surface area contributed by atoms with Crippen LogP contribution in [0.3, 0.4) is 0 Å². The Balaban J connectivity index is 2.08. The number of hydrogen-bond donors (Lipinski definition) is 1. The largest absolute Gasteiger partial charge is 0.493 e. The van der Waals surface area contributed by atoms with Gasteiger partial charge in [0, 0.05) is 10.0 Å². The zero-order chi connectivity index (χ0) is 19.4. The number of halogens is 1. The van der Waals surface area contributed by atoms with Crippen LogP contribution in [-0.2, 0) is 0 Å². The molecule has 140 valence electrons. The first-order valence-electron chi connectivity index (χ1n) is 7.85. The molecule has 1 heterocycles. The minimum atomic E-state index is 0.366. The zero-order valence-corrected chi connectivity index (χ0v) is 17.3. The van der Waals surface area contributed by atoms with Crippen molar-refractivity contribution in [2.45, 2.75) is 0 Å². The van der Waals surface area contributed by atoms with E-state index in [4.69, 9.17) is 26.4 Å². The molecule has 3 aromatic rings. The molecular formula is C18H17BrN4O3S. The maximum Gasteiger partial charge on any atom is 0.216 e. The lowest BCUT2D eigenvalue weighted by atomic mass is 10.1. The lowest BCUT2D eigenvalue weighted by Gasteiger charge is -2.13. The third kappa shape index (κ3) is 4.04. The van der Waals surface area contributed by atoms with E-state index in [1.54, 1.807) is 39.7 Å². The highest BCUT2D eigenvalue weighted by molar-refractivity contribution is 9.10. The molecule has 2 aromatic carbocycles. The van der Waals surface area contributed by atoms with E-state index >= 15 is 0 Å². The summed E-state index contributed by atoms with van der Waals surface area (Å²) >= 11 is 8.76. The van der Waals surface area contributed by atoms with Crippen LogP contribution in [0.5, 0.6) is 17.2 Å². The Morgan fingerprint density at radius 2 is 1.81 bits per heavy atom. The number of H-pyrrole nitrogens is 1. The molecule has 0 atom stereocenters. The van der Waals surface area contributed by atoms with Crippen LogP contribution < -0.4 is 14.2 Å². The van der Waals surface area contributed by atoms with E-state index in [0.29, 0.717) is 33.4 Å². The number of rotatable bonds is 6. The summed E-state index contributed by atoms with van der Waals surface area (Å²) in [5.41, 5.74) is 1.63. The molecule has 3 rings (SSSR count). The molecule has 0 spiro atoms. The normalized spacial score (nSPS) is 11.0. The van der Waals surface area contributed by atoms with Gasteiger partial charge in [0.15, 0.2) is 17.3 Å². The summed E-state index contributed by atoms with van der Waals surface area (Å²) in [6, 6.07) is 11.3. The molecule has 0 bridgehead atoms. The molecule has 7 nitrogen and oxygen atoms in total. The number of nitrogens with one attached hydrogen (secondary N) is 1. The molecule has 9 heteroatoms. The molecular weight excluding hydrogens is 432 g/mol. The van der Waals surface area contributed by atoms with Gasteiger partial charge in [-0.2, -0.15) is 14.9 Å². The van der Waals surface area contributed by atoms with Crippen molar-refractivity contribution in [2.75, 3.05) is 21.3 Å². The highest BCUT2D eigenvalue weighted by Crippen LogP contribution is 2.40. The van der Waals surface area contributed by atoms with Gasteiger partial charge in [0.1, 0.15) is 0 Å². The van der Waals surface area contributed by atoms with Crippen molar-refractivity contribution in [3.63, 3.8) is 0 Å². The van der Waals surface area contributed by atoms with E-state index in [9.17, 15) is 0 Å². The quantitative estimate of drug-likeness (QED) is 0.449. The highest BCUT2D eigenvalue weighted by Gasteiger charge is 2.17. The lowest BCUT2D eigenvalue weighted by molar-refractivity contribution is 0.324. The third-order valence-corrected chi connectivity index (χ3v) is 4.50. The van der Waals surface area contributed by atoms with Crippen molar-refractivity contribution < 1.29 is 14.2 Å². The second-order valence-electron chi connectivity index (χ2n) is 5.38. The summed E-state index contributed by atoms with van der Waals surface area (Å²) in [5, 5.41) is 11.5. The average molecular weight is 449 g/mol. The number of ether oxygens (including phenoxy) is 3. The fourth-order valence-corrected chi connectivity index (χ4v) is 3.10. The maximum absolute atomic E-state index is 5.41. The predicted molar refractivity (Wildman–Crippen MR) is 110 cm³/mol. The standard InChI is InChI=1S/C18H17BrN4O3S/c1-24-14-8-12(9-15(25-2)16(14)26-3)17-21-22-18(27)23(17)20-10-11-5-4-6-13(19)7-11/h4-10H,1-3H3,(H,22,27)/b20-10+. The van der Waals surface area contributed by atoms with Gasteiger partial charge in [-0.1, -0.05) is 28.1 Å². The molecule has 0 unspecified atom stereocenters. The molecule has 27 heavy (non-hydrogen) atoms. The average Bonchev–Trinajstić information content (AvgIpc) is 3.05. The number of benzene rings is 2. The van der Waals surface area contributed by atoms with Gasteiger partial charge in [-0.15, -0.1) is 0 Å². The Morgan fingerprint density at radius 3 is 2.41 bits per heavy atom. The van der Waals surface area contributed by atoms with Crippen molar-refractivity contribution in [1.82, 2.24) is 14.9 Å². The fraction of sp³-hybridized carbons (Fsp3) is 0.167. The first-order valence-corrected chi connectivity index (χ1v) is 9.05. The van der Waals surface area contributed by atoms with Crippen LogP contribution in [0.1, 0.15) is 5.56 Å². The maximum atomic E-state index is 5.41. The van der Waals surface area contributed by atoms with Gasteiger partial charge >= 0.3 is 0 Å². The fourth-order valence-electron chi connectivity index (χ4n) is 2.51. The molecule has 0 aliphatic rings. The van der Waals surface area contributed by atoms with Gasteiger partial charge < -0.3 is 14.2 Å². The van der Waals surface area contributed by atoms with Crippen molar-refractivity contribution in [1.29, 1.82) is 0 Å². The lowest BCUT2D eigenvalue weighted by Crippen LogP contribution is -1.99. The van der Waals surface area contributed by atoms with Crippen molar-refractivity contribution in [3.8, 4) is 28.6 Å². The molecule has 0 radical (unpaired) electrons. The van der Waals surface area contributed by atoms with Gasteiger partial charge in [0.2, 0.25) is 10.5 Å². The summed E-state index contributed by atoms with van der Waals surface area (Å²) in [7, 11) is 4.67. The van der Waals surface area contributed by atoms with Crippen molar-refractivity contribution >= 4 is 34.4 Å². The third-order valence-electron chi connectivity index (χ3n) is 3.74. The monoisotopic (exact) mass is 448 g/mol. The zero-order valence-electron chi connectivity index (χ0n) is 14.9. The molecule has 0 fully saturated rings. The smallest absolute Gasteiger partial charge is 0.216 e. The van der Waals surface area contributed by atoms with Crippen LogP contribution in [0.15, 0.2) is 46.0 Å². The minimum Gasteiger partial charge on any atom is -0.493 e. The molecule has 0 saturated carbocycles. The van der Waals surface area contributed by atoms with Crippen molar-refractivity contribution in [3.05, 3.63) is 51.2 Å². The summed E-state index contributed by atoms with van der Waals surface area (Å²) in [4.78, 5) is 0. The second-order valence-corrected chi connectivity index (χ2v) is 6.68. The Labute approximate surface area is 169 Å². The molecule has 1 N–H and O–H groups in total. The van der Waals surface area contributed by atoms with Crippen LogP contribution in [-0.4, -0.2) is 42.4 Å². The van der Waals surface area contributed by atoms with Gasteiger partial charge in [-0.05, 0) is 42.0 Å². The van der Waals surface area contributed by atoms with E-state index in [0.717, 1.165) is 10.0 Å². The highest BCUT2D eigenvalue weighted by atomic mass is 79.9. The predicted octanol–water partition coefficient (Wildman–Crippen LogP) is 4.28. The van der Waals surface area contributed by atoms with E-state index in [1.807, 2.05) is 24.3 Å². The van der Waals surface area contributed by atoms with Crippen LogP contribution in [0.4, 0.5) is 0 Å². The Bertz CT molecular complexity index is 1020. The minimum absolute atomic E-state index is 0.366. The van der Waals surface area contributed by atoms with Crippen LogP contribution in [0.25, 0.3) is 11.4 Å². The van der Waals surface area contributed by atoms with Crippen LogP contribution in [0, 0.1) is 4.77 Å². The van der Waals surface area contributed by atoms with Gasteiger partial charge in [-0.25, -0.2) is 5.10 Å². The topological polar surface area (TPSA) is 73.7 Å². The molecule has 0 saturated heterocycles. The van der Waals surface area contributed by atoms with E-state index in [-0.39, 0.29) is 0 Å². The van der Waals surface area contributed by atoms with E-state index < -0.39 is 0 Å². The molecule has 0 amide bonds. The van der Waals surface area contributed by atoms with E-state index in [2.05, 4.69) is 31.2 Å². The SMILES string of the molecule is COc1cc(-c2n[nH]c(=S)n2/N=C/c2cccc(Br)c2)cc(OC)c1OC. The van der Waals surface area contributed by atoms with Gasteiger partial charge in [0.05, 0.1) is 27.5 Å². The molecule has 0 aliphatic carbocycles. The summed E-state index contributed by atoms with van der Waals surface area (Å²) in [6.07, 6.45) is 1.71. The Hall–Kier alpha value is -2.65. The first kappa shape index (κ1) is 19.1. The van der Waals surface area contributed by atoms with Crippen LogP contribution >= 0.6 is 28.1 Å². The number of nitrogens with zero attached hydrogens (tertiary/aromatic N) is 3. The Kier molecular flexibility index (Phi) is 5.92. The van der Waals surface area contributed by atoms with Crippen molar-refractivity contribution in [2.24, 2.45) is 5.10 Å². The number of methoxy groups -OCH3 is 3. The molecule has 1 aromatic heterocycles. The van der Waals surface area contributed by atoms with Crippen LogP contribution in [0.2, 0.25) is 0 Å². The van der Waals surface area contributed by atoms with Gasteiger partial charge in [0.25, 0.3) is 0 Å². The summed E-state index contributed by atoms with van der Waals surface area (Å²) in [5.74, 6) is 2.05. The summed E-state index contributed by atoms with van der Waals surface area (Å²) in [6.45, 7) is 0.